The molecule has 3 heteroatoms. The summed E-state index contributed by atoms with van der Waals surface area (Å²) in [5.41, 5.74) is 1.30. The van der Waals surface area contributed by atoms with E-state index in [0.717, 1.165) is 31.9 Å². The topological polar surface area (TPSA) is 33.3 Å². The van der Waals surface area contributed by atoms with Crippen LogP contribution in [0.3, 0.4) is 0 Å². The van der Waals surface area contributed by atoms with E-state index in [2.05, 4.69) is 62.6 Å². The van der Waals surface area contributed by atoms with Crippen molar-refractivity contribution < 1.29 is 4.74 Å². The lowest BCUT2D eigenvalue weighted by molar-refractivity contribution is 0.309. The summed E-state index contributed by atoms with van der Waals surface area (Å²) in [5.74, 6) is 0.969. The highest BCUT2D eigenvalue weighted by atomic mass is 16.5. The molecule has 0 bridgehead atoms. The second-order valence-electron chi connectivity index (χ2n) is 5.69. The molecular formula is C17H30N2O. The Morgan fingerprint density at radius 3 is 2.35 bits per heavy atom. The predicted octanol–water partition coefficient (Wildman–Crippen LogP) is 3.34. The Morgan fingerprint density at radius 1 is 1.05 bits per heavy atom. The summed E-state index contributed by atoms with van der Waals surface area (Å²) in [4.78, 5) is 0. The summed E-state index contributed by atoms with van der Waals surface area (Å²) in [6, 6.07) is 9.40. The molecule has 0 aliphatic heterocycles. The molecule has 0 saturated heterocycles. The third-order valence-electron chi connectivity index (χ3n) is 3.18. The molecule has 0 amide bonds. The van der Waals surface area contributed by atoms with Crippen molar-refractivity contribution in [2.75, 3.05) is 13.2 Å². The Morgan fingerprint density at radius 2 is 1.75 bits per heavy atom. The lowest BCUT2D eigenvalue weighted by Gasteiger charge is -2.16. The molecule has 114 valence electrons. The van der Waals surface area contributed by atoms with E-state index in [1.54, 1.807) is 0 Å². The van der Waals surface area contributed by atoms with Crippen molar-refractivity contribution in [3.63, 3.8) is 0 Å². The van der Waals surface area contributed by atoms with Crippen LogP contribution >= 0.6 is 0 Å². The van der Waals surface area contributed by atoms with Gasteiger partial charge in [-0.25, -0.2) is 0 Å². The molecule has 0 aliphatic rings. The SMILES string of the molecule is CCCCOc1ccc(CNC(C)CNC(C)C)cc1. The second kappa shape index (κ2) is 9.78. The maximum atomic E-state index is 5.66. The van der Waals surface area contributed by atoms with Crippen LogP contribution in [0.15, 0.2) is 24.3 Å². The van der Waals surface area contributed by atoms with E-state index in [0.29, 0.717) is 12.1 Å². The Labute approximate surface area is 124 Å². The Hall–Kier alpha value is -1.06. The third-order valence-corrected chi connectivity index (χ3v) is 3.18. The first kappa shape index (κ1) is 17.0. The van der Waals surface area contributed by atoms with Gasteiger partial charge in [0, 0.05) is 25.2 Å². The molecule has 0 aliphatic carbocycles. The molecule has 1 unspecified atom stereocenters. The van der Waals surface area contributed by atoms with Crippen molar-refractivity contribution in [1.82, 2.24) is 10.6 Å². The molecular weight excluding hydrogens is 248 g/mol. The average Bonchev–Trinajstić information content (AvgIpc) is 2.44. The minimum atomic E-state index is 0.470. The highest BCUT2D eigenvalue weighted by molar-refractivity contribution is 5.27. The van der Waals surface area contributed by atoms with Crippen molar-refractivity contribution in [3.05, 3.63) is 29.8 Å². The van der Waals surface area contributed by atoms with Crippen molar-refractivity contribution in [1.29, 1.82) is 0 Å². The molecule has 20 heavy (non-hydrogen) atoms. The lowest BCUT2D eigenvalue weighted by atomic mass is 10.2. The van der Waals surface area contributed by atoms with Gasteiger partial charge in [0.05, 0.1) is 6.61 Å². The first-order valence-corrected chi connectivity index (χ1v) is 7.80. The van der Waals surface area contributed by atoms with Crippen LogP contribution in [0.25, 0.3) is 0 Å². The van der Waals surface area contributed by atoms with Crippen LogP contribution in [0.5, 0.6) is 5.75 Å². The molecule has 2 N–H and O–H groups in total. The minimum absolute atomic E-state index is 0.470. The highest BCUT2D eigenvalue weighted by Crippen LogP contribution is 2.12. The lowest BCUT2D eigenvalue weighted by Crippen LogP contribution is -2.38. The zero-order valence-corrected chi connectivity index (χ0v) is 13.4. The molecule has 0 spiro atoms. The van der Waals surface area contributed by atoms with Crippen LogP contribution in [-0.4, -0.2) is 25.2 Å². The predicted molar refractivity (Wildman–Crippen MR) is 86.3 cm³/mol. The summed E-state index contributed by atoms with van der Waals surface area (Å²) in [6.07, 6.45) is 2.29. The van der Waals surface area contributed by atoms with Crippen molar-refractivity contribution in [2.24, 2.45) is 0 Å². The molecule has 1 atom stereocenters. The van der Waals surface area contributed by atoms with Gasteiger partial charge in [-0.05, 0) is 31.0 Å². The highest BCUT2D eigenvalue weighted by Gasteiger charge is 2.02. The van der Waals surface area contributed by atoms with Gasteiger partial charge in [-0.3, -0.25) is 0 Å². The van der Waals surface area contributed by atoms with Crippen molar-refractivity contribution in [3.8, 4) is 5.75 Å². The zero-order valence-electron chi connectivity index (χ0n) is 13.4. The van der Waals surface area contributed by atoms with Crippen LogP contribution in [0.2, 0.25) is 0 Å². The van der Waals surface area contributed by atoms with Gasteiger partial charge in [0.2, 0.25) is 0 Å². The number of hydrogen-bond donors (Lipinski definition) is 2. The third kappa shape index (κ3) is 7.51. The number of nitrogens with one attached hydrogen (secondary N) is 2. The van der Waals surface area contributed by atoms with Crippen LogP contribution in [-0.2, 0) is 6.54 Å². The zero-order chi connectivity index (χ0) is 14.8. The Bertz CT molecular complexity index is 349. The van der Waals surface area contributed by atoms with Crippen molar-refractivity contribution >= 4 is 0 Å². The molecule has 0 fully saturated rings. The van der Waals surface area contributed by atoms with Gasteiger partial charge in [0.1, 0.15) is 5.75 Å². The van der Waals surface area contributed by atoms with E-state index < -0.39 is 0 Å². The Kier molecular flexibility index (Phi) is 8.31. The van der Waals surface area contributed by atoms with Gasteiger partial charge in [-0.2, -0.15) is 0 Å². The molecule has 1 aromatic carbocycles. The summed E-state index contributed by atoms with van der Waals surface area (Å²) in [7, 11) is 0. The van der Waals surface area contributed by atoms with E-state index in [-0.39, 0.29) is 0 Å². The van der Waals surface area contributed by atoms with Gasteiger partial charge in [-0.1, -0.05) is 39.3 Å². The number of benzene rings is 1. The quantitative estimate of drug-likeness (QED) is 0.644. The molecule has 3 nitrogen and oxygen atoms in total. The average molecular weight is 278 g/mol. The van der Waals surface area contributed by atoms with E-state index in [9.17, 15) is 0 Å². The second-order valence-corrected chi connectivity index (χ2v) is 5.69. The maximum absolute atomic E-state index is 5.66. The van der Waals surface area contributed by atoms with Gasteiger partial charge >= 0.3 is 0 Å². The molecule has 0 aromatic heterocycles. The van der Waals surface area contributed by atoms with Crippen LogP contribution in [0.1, 0.15) is 46.1 Å². The summed E-state index contributed by atoms with van der Waals surface area (Å²) in [5, 5.41) is 6.96. The van der Waals surface area contributed by atoms with E-state index in [1.807, 2.05) is 0 Å². The number of unbranched alkanes of at least 4 members (excludes halogenated alkanes) is 1. The Balaban J connectivity index is 2.27. The largest absolute Gasteiger partial charge is 0.494 e. The van der Waals surface area contributed by atoms with Gasteiger partial charge in [0.25, 0.3) is 0 Å². The van der Waals surface area contributed by atoms with E-state index in [1.165, 1.54) is 12.0 Å². The normalized spacial score (nSPS) is 12.7. The number of ether oxygens (including phenoxy) is 1. The summed E-state index contributed by atoms with van der Waals surface area (Å²) < 4.78 is 5.66. The molecule has 1 rings (SSSR count). The molecule has 0 saturated carbocycles. The summed E-state index contributed by atoms with van der Waals surface area (Å²) in [6.45, 7) is 11.4. The van der Waals surface area contributed by atoms with Gasteiger partial charge in [0.15, 0.2) is 0 Å². The van der Waals surface area contributed by atoms with E-state index in [4.69, 9.17) is 4.74 Å². The fourth-order valence-electron chi connectivity index (χ4n) is 1.81. The molecule has 1 aromatic rings. The van der Waals surface area contributed by atoms with Crippen molar-refractivity contribution in [2.45, 2.75) is 59.2 Å². The van der Waals surface area contributed by atoms with E-state index >= 15 is 0 Å². The first-order valence-electron chi connectivity index (χ1n) is 7.80. The summed E-state index contributed by atoms with van der Waals surface area (Å²) >= 11 is 0. The van der Waals surface area contributed by atoms with Gasteiger partial charge in [-0.15, -0.1) is 0 Å². The van der Waals surface area contributed by atoms with Crippen LogP contribution < -0.4 is 15.4 Å². The maximum Gasteiger partial charge on any atom is 0.119 e. The van der Waals surface area contributed by atoms with Crippen LogP contribution in [0, 0.1) is 0 Å². The first-order chi connectivity index (χ1) is 9.61. The fourth-order valence-corrected chi connectivity index (χ4v) is 1.81. The van der Waals surface area contributed by atoms with Crippen LogP contribution in [0.4, 0.5) is 0 Å². The monoisotopic (exact) mass is 278 g/mol. The number of hydrogen-bond acceptors (Lipinski definition) is 3. The van der Waals surface area contributed by atoms with Gasteiger partial charge < -0.3 is 15.4 Å². The number of rotatable bonds is 10. The standard InChI is InChI=1S/C17H30N2O/c1-5-6-11-20-17-9-7-16(8-10-17)13-19-15(4)12-18-14(2)3/h7-10,14-15,18-19H,5-6,11-13H2,1-4H3. The smallest absolute Gasteiger partial charge is 0.119 e. The molecule has 0 heterocycles. The fraction of sp³-hybridized carbons (Fsp3) is 0.647. The molecule has 0 radical (unpaired) electrons. The minimum Gasteiger partial charge on any atom is -0.494 e.